The molecule has 2 aromatic rings. The molecule has 1 fully saturated rings. The molecule has 0 saturated carbocycles. The molecular weight excluding hydrogens is 320 g/mol. The maximum absolute atomic E-state index is 12.5. The molecule has 1 N–H and O–H groups in total. The fourth-order valence-corrected chi connectivity index (χ4v) is 3.28. The van der Waals surface area contributed by atoms with Crippen LogP contribution in [0.2, 0.25) is 0 Å². The molecule has 0 radical (unpaired) electrons. The third-order valence-electron chi connectivity index (χ3n) is 4.71. The van der Waals surface area contributed by atoms with E-state index in [0.29, 0.717) is 38.4 Å². The number of carbonyl (C=O) groups excluding carboxylic acids is 2. The number of fused-ring (bicyclic) bond motifs is 1. The smallest absolute Gasteiger partial charge is 0.287 e. The van der Waals surface area contributed by atoms with E-state index in [1.807, 2.05) is 32.0 Å². The number of rotatable bonds is 6. The lowest BCUT2D eigenvalue weighted by atomic mass is 10.1. The molecule has 1 saturated heterocycles. The molecular formula is C19H24N2O4. The first kappa shape index (κ1) is 17.5. The number of methoxy groups -OCH3 is 1. The number of ether oxygens (including phenoxy) is 1. The zero-order valence-electron chi connectivity index (χ0n) is 14.9. The molecule has 0 aliphatic carbocycles. The van der Waals surface area contributed by atoms with Gasteiger partial charge in [-0.25, -0.2) is 0 Å². The molecule has 2 amide bonds. The number of nitrogens with one attached hydrogen (secondary N) is 1. The topological polar surface area (TPSA) is 71.8 Å². The number of furan rings is 1. The molecule has 3 rings (SSSR count). The Morgan fingerprint density at radius 2 is 2.20 bits per heavy atom. The van der Waals surface area contributed by atoms with Crippen LogP contribution in [-0.4, -0.2) is 50.1 Å². The molecule has 1 aliphatic heterocycles. The van der Waals surface area contributed by atoms with Crippen molar-refractivity contribution in [1.82, 2.24) is 10.2 Å². The molecule has 1 aromatic heterocycles. The van der Waals surface area contributed by atoms with E-state index in [9.17, 15) is 9.59 Å². The molecule has 6 nitrogen and oxygen atoms in total. The maximum atomic E-state index is 12.5. The number of aryl methyl sites for hydroxylation is 2. The first-order valence-corrected chi connectivity index (χ1v) is 8.54. The lowest BCUT2D eigenvalue weighted by Gasteiger charge is -2.16. The lowest BCUT2D eigenvalue weighted by Crippen LogP contribution is -2.32. The van der Waals surface area contributed by atoms with Gasteiger partial charge in [0.1, 0.15) is 5.58 Å². The summed E-state index contributed by atoms with van der Waals surface area (Å²) in [4.78, 5) is 26.2. The summed E-state index contributed by atoms with van der Waals surface area (Å²) < 4.78 is 10.7. The van der Waals surface area contributed by atoms with Crippen LogP contribution in [0.4, 0.5) is 0 Å². The monoisotopic (exact) mass is 344 g/mol. The van der Waals surface area contributed by atoms with Crippen LogP contribution >= 0.6 is 0 Å². The standard InChI is InChI=1S/C19H24N2O4/c1-12-4-5-16-15(8-12)13(2)18(25-16)19(23)20-10-14-9-17(22)21(11-14)6-7-24-3/h4-5,8,14H,6-7,9-11H2,1-3H3,(H,20,23)/t14-/m0/s1. The predicted molar refractivity (Wildman–Crippen MR) is 94.6 cm³/mol. The average Bonchev–Trinajstić information content (AvgIpc) is 3.11. The summed E-state index contributed by atoms with van der Waals surface area (Å²) >= 11 is 0. The third kappa shape index (κ3) is 3.69. The number of benzene rings is 1. The summed E-state index contributed by atoms with van der Waals surface area (Å²) in [6.07, 6.45) is 0.461. The first-order chi connectivity index (χ1) is 12.0. The van der Waals surface area contributed by atoms with E-state index < -0.39 is 0 Å². The van der Waals surface area contributed by atoms with Gasteiger partial charge in [-0.15, -0.1) is 0 Å². The highest BCUT2D eigenvalue weighted by Gasteiger charge is 2.29. The summed E-state index contributed by atoms with van der Waals surface area (Å²) in [7, 11) is 1.62. The van der Waals surface area contributed by atoms with Crippen LogP contribution in [0.15, 0.2) is 22.6 Å². The highest BCUT2D eigenvalue weighted by molar-refractivity contribution is 5.99. The van der Waals surface area contributed by atoms with Crippen LogP contribution in [0.1, 0.15) is 28.1 Å². The van der Waals surface area contributed by atoms with E-state index in [0.717, 1.165) is 22.1 Å². The third-order valence-corrected chi connectivity index (χ3v) is 4.71. The van der Waals surface area contributed by atoms with Crippen molar-refractivity contribution in [2.75, 3.05) is 33.4 Å². The minimum absolute atomic E-state index is 0.117. The average molecular weight is 344 g/mol. The number of nitrogens with zero attached hydrogens (tertiary/aromatic N) is 1. The van der Waals surface area contributed by atoms with Crippen LogP contribution in [-0.2, 0) is 9.53 Å². The SMILES string of the molecule is COCCN1C[C@H](CNC(=O)c2oc3ccc(C)cc3c2C)CC1=O. The Labute approximate surface area is 147 Å². The Bertz CT molecular complexity index is 796. The van der Waals surface area contributed by atoms with Crippen molar-refractivity contribution >= 4 is 22.8 Å². The second kappa shape index (κ2) is 7.27. The molecule has 134 valence electrons. The highest BCUT2D eigenvalue weighted by atomic mass is 16.5. The molecule has 6 heteroatoms. The van der Waals surface area contributed by atoms with Crippen molar-refractivity contribution in [3.05, 3.63) is 35.1 Å². The molecule has 1 atom stereocenters. The minimum atomic E-state index is -0.228. The van der Waals surface area contributed by atoms with Gasteiger partial charge in [0.25, 0.3) is 5.91 Å². The molecule has 0 unspecified atom stereocenters. The van der Waals surface area contributed by atoms with Gasteiger partial charge in [-0.2, -0.15) is 0 Å². The van der Waals surface area contributed by atoms with Crippen molar-refractivity contribution in [3.8, 4) is 0 Å². The number of likely N-dealkylation sites (tertiary alicyclic amines) is 1. The van der Waals surface area contributed by atoms with Gasteiger partial charge in [-0.05, 0) is 26.0 Å². The van der Waals surface area contributed by atoms with Crippen LogP contribution < -0.4 is 5.32 Å². The van der Waals surface area contributed by atoms with Crippen LogP contribution in [0.25, 0.3) is 11.0 Å². The van der Waals surface area contributed by atoms with E-state index in [1.54, 1.807) is 12.0 Å². The zero-order chi connectivity index (χ0) is 18.0. The second-order valence-electron chi connectivity index (χ2n) is 6.67. The molecule has 0 spiro atoms. The Balaban J connectivity index is 1.62. The van der Waals surface area contributed by atoms with Crippen molar-refractivity contribution in [2.24, 2.45) is 5.92 Å². The van der Waals surface area contributed by atoms with E-state index >= 15 is 0 Å². The lowest BCUT2D eigenvalue weighted by molar-refractivity contribution is -0.128. The number of carbonyl (C=O) groups is 2. The van der Waals surface area contributed by atoms with Crippen LogP contribution in [0.3, 0.4) is 0 Å². The molecule has 1 aliphatic rings. The van der Waals surface area contributed by atoms with Gasteiger partial charge in [0.15, 0.2) is 5.76 Å². The fraction of sp³-hybridized carbons (Fsp3) is 0.474. The fourth-order valence-electron chi connectivity index (χ4n) is 3.28. The van der Waals surface area contributed by atoms with Crippen molar-refractivity contribution in [2.45, 2.75) is 20.3 Å². The molecule has 25 heavy (non-hydrogen) atoms. The first-order valence-electron chi connectivity index (χ1n) is 8.54. The number of amides is 2. The van der Waals surface area contributed by atoms with Gasteiger partial charge in [0.2, 0.25) is 5.91 Å². The van der Waals surface area contributed by atoms with Gasteiger partial charge in [-0.1, -0.05) is 11.6 Å². The summed E-state index contributed by atoms with van der Waals surface area (Å²) in [6.45, 7) is 6.15. The quantitative estimate of drug-likeness (QED) is 0.873. The van der Waals surface area contributed by atoms with Gasteiger partial charge >= 0.3 is 0 Å². The van der Waals surface area contributed by atoms with E-state index in [2.05, 4.69) is 5.32 Å². The van der Waals surface area contributed by atoms with E-state index in [-0.39, 0.29) is 17.7 Å². The van der Waals surface area contributed by atoms with Crippen molar-refractivity contribution in [3.63, 3.8) is 0 Å². The van der Waals surface area contributed by atoms with Crippen LogP contribution in [0, 0.1) is 19.8 Å². The van der Waals surface area contributed by atoms with Gasteiger partial charge in [0.05, 0.1) is 6.61 Å². The van der Waals surface area contributed by atoms with E-state index in [1.165, 1.54) is 0 Å². The summed E-state index contributed by atoms with van der Waals surface area (Å²) in [5, 5.41) is 3.88. The molecule has 2 heterocycles. The molecule has 0 bridgehead atoms. The van der Waals surface area contributed by atoms with Gasteiger partial charge in [-0.3, -0.25) is 9.59 Å². The highest BCUT2D eigenvalue weighted by Crippen LogP contribution is 2.26. The second-order valence-corrected chi connectivity index (χ2v) is 6.67. The maximum Gasteiger partial charge on any atom is 0.287 e. The Kier molecular flexibility index (Phi) is 5.08. The largest absolute Gasteiger partial charge is 0.451 e. The normalized spacial score (nSPS) is 17.5. The van der Waals surface area contributed by atoms with Gasteiger partial charge in [0, 0.05) is 50.0 Å². The Hall–Kier alpha value is -2.34. The van der Waals surface area contributed by atoms with E-state index in [4.69, 9.17) is 9.15 Å². The van der Waals surface area contributed by atoms with Crippen molar-refractivity contribution < 1.29 is 18.7 Å². The number of hydrogen-bond donors (Lipinski definition) is 1. The number of hydrogen-bond acceptors (Lipinski definition) is 4. The Morgan fingerprint density at radius 3 is 2.96 bits per heavy atom. The van der Waals surface area contributed by atoms with Crippen molar-refractivity contribution in [1.29, 1.82) is 0 Å². The predicted octanol–water partition coefficient (Wildman–Crippen LogP) is 2.27. The summed E-state index contributed by atoms with van der Waals surface area (Å²) in [5.41, 5.74) is 2.69. The minimum Gasteiger partial charge on any atom is -0.451 e. The summed E-state index contributed by atoms with van der Waals surface area (Å²) in [6, 6.07) is 5.87. The van der Waals surface area contributed by atoms with Gasteiger partial charge < -0.3 is 19.4 Å². The molecule has 1 aromatic carbocycles. The van der Waals surface area contributed by atoms with Crippen LogP contribution in [0.5, 0.6) is 0 Å². The summed E-state index contributed by atoms with van der Waals surface area (Å²) in [5.74, 6) is 0.363. The Morgan fingerprint density at radius 1 is 1.40 bits per heavy atom. The zero-order valence-corrected chi connectivity index (χ0v) is 14.9.